The van der Waals surface area contributed by atoms with E-state index >= 15 is 0 Å². The van der Waals surface area contributed by atoms with Crippen LogP contribution in [-0.2, 0) is 12.1 Å². The zero-order chi connectivity index (χ0) is 13.2. The molecule has 0 spiro atoms. The van der Waals surface area contributed by atoms with Crippen LogP contribution in [0, 0.1) is 0 Å². The number of benzene rings is 1. The van der Waals surface area contributed by atoms with Crippen molar-refractivity contribution in [1.82, 2.24) is 4.90 Å². The van der Waals surface area contributed by atoms with Crippen molar-refractivity contribution in [2.75, 3.05) is 14.1 Å². The molecule has 2 N–H and O–H groups in total. The third-order valence-electron chi connectivity index (χ3n) is 3.71. The summed E-state index contributed by atoms with van der Waals surface area (Å²) < 4.78 is 0. The Morgan fingerprint density at radius 1 is 1.33 bits per heavy atom. The summed E-state index contributed by atoms with van der Waals surface area (Å²) in [6, 6.07) is 8.03. The lowest BCUT2D eigenvalue weighted by Gasteiger charge is -2.36. The van der Waals surface area contributed by atoms with Crippen LogP contribution in [0.3, 0.4) is 0 Å². The van der Waals surface area contributed by atoms with Gasteiger partial charge in [0.1, 0.15) is 0 Å². The minimum absolute atomic E-state index is 0.379. The average molecular weight is 249 g/mol. The van der Waals surface area contributed by atoms with E-state index in [0.717, 1.165) is 36.9 Å². The van der Waals surface area contributed by atoms with E-state index in [-0.39, 0.29) is 6.10 Å². The Kier molecular flexibility index (Phi) is 4.05. The van der Waals surface area contributed by atoms with Crippen molar-refractivity contribution >= 4 is 0 Å². The monoisotopic (exact) mass is 249 g/mol. The predicted octanol–water partition coefficient (Wildman–Crippen LogP) is 1.87. The van der Waals surface area contributed by atoms with Gasteiger partial charge in [-0.15, -0.1) is 0 Å². The molecule has 2 unspecified atom stereocenters. The van der Waals surface area contributed by atoms with Crippen molar-refractivity contribution in [1.29, 1.82) is 0 Å². The molecular formula is C15H23NO2. The van der Waals surface area contributed by atoms with Gasteiger partial charge in [0.05, 0.1) is 11.7 Å². The average Bonchev–Trinajstić information content (AvgIpc) is 2.28. The van der Waals surface area contributed by atoms with Gasteiger partial charge in [-0.05, 0) is 44.5 Å². The van der Waals surface area contributed by atoms with Crippen molar-refractivity contribution in [2.24, 2.45) is 0 Å². The normalized spacial score (nSPS) is 28.6. The summed E-state index contributed by atoms with van der Waals surface area (Å²) in [6.07, 6.45) is 2.51. The molecule has 0 bridgehead atoms. The quantitative estimate of drug-likeness (QED) is 0.859. The van der Waals surface area contributed by atoms with E-state index in [1.807, 2.05) is 32.3 Å². The smallest absolute Gasteiger partial charge is 0.0924 e. The van der Waals surface area contributed by atoms with E-state index in [0.29, 0.717) is 6.42 Å². The molecule has 0 aromatic heterocycles. The molecule has 2 rings (SSSR count). The van der Waals surface area contributed by atoms with Crippen LogP contribution in [0.25, 0.3) is 0 Å². The Bertz CT molecular complexity index is 405. The molecule has 2 atom stereocenters. The summed E-state index contributed by atoms with van der Waals surface area (Å²) in [6.45, 7) is 0.814. The summed E-state index contributed by atoms with van der Waals surface area (Å²) in [5.41, 5.74) is 1.28. The summed E-state index contributed by atoms with van der Waals surface area (Å²) in [5.74, 6) is 0. The summed E-state index contributed by atoms with van der Waals surface area (Å²) in [7, 11) is 4.05. The van der Waals surface area contributed by atoms with Gasteiger partial charge < -0.3 is 15.1 Å². The SMILES string of the molecule is CN(C)Cc1ccccc1C1(O)CCCC(O)C1. The first-order chi connectivity index (χ1) is 8.51. The third-order valence-corrected chi connectivity index (χ3v) is 3.71. The van der Waals surface area contributed by atoms with E-state index in [2.05, 4.69) is 11.0 Å². The predicted molar refractivity (Wildman–Crippen MR) is 72.2 cm³/mol. The summed E-state index contributed by atoms with van der Waals surface area (Å²) >= 11 is 0. The first kappa shape index (κ1) is 13.5. The molecule has 1 fully saturated rings. The van der Waals surface area contributed by atoms with Crippen molar-refractivity contribution in [3.63, 3.8) is 0 Å². The molecular weight excluding hydrogens is 226 g/mol. The number of hydrogen-bond acceptors (Lipinski definition) is 3. The fraction of sp³-hybridized carbons (Fsp3) is 0.600. The Balaban J connectivity index is 2.31. The highest BCUT2D eigenvalue weighted by Gasteiger charge is 2.36. The lowest BCUT2D eigenvalue weighted by Crippen LogP contribution is -2.36. The molecule has 3 heteroatoms. The zero-order valence-corrected chi connectivity index (χ0v) is 11.3. The van der Waals surface area contributed by atoms with Gasteiger partial charge in [0, 0.05) is 13.0 Å². The number of rotatable bonds is 3. The second kappa shape index (κ2) is 5.39. The van der Waals surface area contributed by atoms with E-state index in [1.165, 1.54) is 0 Å². The van der Waals surface area contributed by atoms with Crippen LogP contribution in [0.4, 0.5) is 0 Å². The van der Waals surface area contributed by atoms with Gasteiger partial charge in [-0.25, -0.2) is 0 Å². The van der Waals surface area contributed by atoms with Crippen LogP contribution in [0.1, 0.15) is 36.8 Å². The molecule has 3 nitrogen and oxygen atoms in total. The van der Waals surface area contributed by atoms with E-state index in [4.69, 9.17) is 0 Å². The number of hydrogen-bond donors (Lipinski definition) is 2. The van der Waals surface area contributed by atoms with Crippen molar-refractivity contribution in [3.8, 4) is 0 Å². The van der Waals surface area contributed by atoms with Gasteiger partial charge in [0.2, 0.25) is 0 Å². The molecule has 1 aromatic rings. The minimum Gasteiger partial charge on any atom is -0.393 e. The topological polar surface area (TPSA) is 43.7 Å². The molecule has 18 heavy (non-hydrogen) atoms. The van der Waals surface area contributed by atoms with Gasteiger partial charge in [-0.3, -0.25) is 0 Å². The van der Waals surface area contributed by atoms with E-state index in [9.17, 15) is 10.2 Å². The minimum atomic E-state index is -0.857. The molecule has 1 saturated carbocycles. The summed E-state index contributed by atoms with van der Waals surface area (Å²) in [4.78, 5) is 2.10. The molecule has 0 amide bonds. The Labute approximate surface area is 109 Å². The lowest BCUT2D eigenvalue weighted by molar-refractivity contribution is -0.0506. The van der Waals surface area contributed by atoms with Crippen molar-refractivity contribution in [3.05, 3.63) is 35.4 Å². The number of aliphatic hydroxyl groups excluding tert-OH is 1. The summed E-state index contributed by atoms with van der Waals surface area (Å²) in [5, 5.41) is 20.6. The van der Waals surface area contributed by atoms with Crippen LogP contribution in [0.15, 0.2) is 24.3 Å². The van der Waals surface area contributed by atoms with Crippen LogP contribution >= 0.6 is 0 Å². The van der Waals surface area contributed by atoms with Crippen molar-refractivity contribution in [2.45, 2.75) is 43.9 Å². The molecule has 1 aliphatic rings. The Hall–Kier alpha value is -0.900. The molecule has 1 aliphatic carbocycles. The van der Waals surface area contributed by atoms with Crippen LogP contribution in [-0.4, -0.2) is 35.3 Å². The van der Waals surface area contributed by atoms with Crippen LogP contribution in [0.2, 0.25) is 0 Å². The van der Waals surface area contributed by atoms with Crippen LogP contribution < -0.4 is 0 Å². The number of nitrogens with zero attached hydrogens (tertiary/aromatic N) is 1. The maximum Gasteiger partial charge on any atom is 0.0924 e. The van der Waals surface area contributed by atoms with Gasteiger partial charge in [-0.1, -0.05) is 24.3 Å². The molecule has 0 radical (unpaired) electrons. The van der Waals surface area contributed by atoms with E-state index in [1.54, 1.807) is 0 Å². The van der Waals surface area contributed by atoms with Gasteiger partial charge >= 0.3 is 0 Å². The molecule has 0 saturated heterocycles. The molecule has 0 aliphatic heterocycles. The van der Waals surface area contributed by atoms with Crippen molar-refractivity contribution < 1.29 is 10.2 Å². The fourth-order valence-electron chi connectivity index (χ4n) is 2.92. The Morgan fingerprint density at radius 2 is 2.06 bits per heavy atom. The largest absolute Gasteiger partial charge is 0.393 e. The maximum absolute atomic E-state index is 10.8. The lowest BCUT2D eigenvalue weighted by atomic mass is 9.76. The van der Waals surface area contributed by atoms with Gasteiger partial charge in [-0.2, -0.15) is 0 Å². The highest BCUT2D eigenvalue weighted by Crippen LogP contribution is 2.38. The molecule has 100 valence electrons. The first-order valence-electron chi connectivity index (χ1n) is 6.65. The van der Waals surface area contributed by atoms with Gasteiger partial charge in [0.15, 0.2) is 0 Å². The second-order valence-corrected chi connectivity index (χ2v) is 5.68. The zero-order valence-electron chi connectivity index (χ0n) is 11.3. The van der Waals surface area contributed by atoms with E-state index < -0.39 is 5.60 Å². The maximum atomic E-state index is 10.8. The fourth-order valence-corrected chi connectivity index (χ4v) is 2.92. The van der Waals surface area contributed by atoms with Crippen LogP contribution in [0.5, 0.6) is 0 Å². The highest BCUT2D eigenvalue weighted by atomic mass is 16.3. The Morgan fingerprint density at radius 3 is 2.72 bits per heavy atom. The molecule has 1 aromatic carbocycles. The van der Waals surface area contributed by atoms with Gasteiger partial charge in [0.25, 0.3) is 0 Å². The first-order valence-corrected chi connectivity index (χ1v) is 6.65. The standard InChI is InChI=1S/C15H23NO2/c1-16(2)11-12-6-3-4-8-14(12)15(18)9-5-7-13(17)10-15/h3-4,6,8,13,17-18H,5,7,9-11H2,1-2H3. The third kappa shape index (κ3) is 2.91. The second-order valence-electron chi connectivity index (χ2n) is 5.68. The molecule has 0 heterocycles. The number of aliphatic hydroxyl groups is 2. The highest BCUT2D eigenvalue weighted by molar-refractivity contribution is 5.33.